The van der Waals surface area contributed by atoms with E-state index in [9.17, 15) is 0 Å². The molecule has 0 radical (unpaired) electrons. The fourth-order valence-electron chi connectivity index (χ4n) is 28.7. The van der Waals surface area contributed by atoms with Crippen molar-refractivity contribution in [2.75, 3.05) is 39.3 Å². The third-order valence-electron chi connectivity index (χ3n) is 30.3. The Morgan fingerprint density at radius 2 is 0.543 bits per heavy atom. The second kappa shape index (κ2) is 44.2. The molecule has 0 amide bonds. The van der Waals surface area contributed by atoms with Gasteiger partial charge in [0.15, 0.2) is 0 Å². The molecule has 12 aliphatic heterocycles. The fraction of sp³-hybridized carbons (Fsp3) is 0.889. The molecule has 0 aromatic carbocycles. The van der Waals surface area contributed by atoms with Gasteiger partial charge in [0.25, 0.3) is 0 Å². The van der Waals surface area contributed by atoms with Crippen LogP contribution in [0.5, 0.6) is 0 Å². The maximum Gasteiger partial charge on any atom is 0.142 e. The third kappa shape index (κ3) is 34.6. The van der Waals surface area contributed by atoms with Crippen molar-refractivity contribution in [3.63, 3.8) is 0 Å². The number of amidine groups is 4. The lowest BCUT2D eigenvalue weighted by atomic mass is 9.72. The molecule has 0 bridgehead atoms. The van der Waals surface area contributed by atoms with Crippen molar-refractivity contribution in [1.82, 2.24) is 127 Å². The highest BCUT2D eigenvalue weighted by atomic mass is 16.8. The Labute approximate surface area is 849 Å². The molecule has 18 N–H and O–H groups in total. The first kappa shape index (κ1) is 113. The number of nitrogens with one attached hydrogen (secondary N) is 18. The normalized spacial score (nSPS) is 29.0. The minimum atomic E-state index is -0.195. The molecule has 140 heavy (non-hydrogen) atoms. The summed E-state index contributed by atoms with van der Waals surface area (Å²) < 4.78 is 0. The van der Waals surface area contributed by atoms with E-state index in [0.717, 1.165) is 207 Å². The molecule has 802 valence electrons. The van der Waals surface area contributed by atoms with Crippen LogP contribution in [-0.2, 0) is 19.4 Å². The summed E-state index contributed by atoms with van der Waals surface area (Å²) in [7, 11) is 0. The SMILES string of the molecule is CCCC(N=C1C=C(NCCCN(CCN(CCCN=C2C=C(NC(CCC)C3CC(C)(C)NC(C)(C)C3)NN(OC3CC(C)(C)NC(C)(C)C3)N2)C2=CC(=NC(CCC)C3CC(C)(C)NC(C)(C)C3)NN(OC3CC(C)(C)NC(C)(C)C3)N2)C2=CC(=NC(CCC)C3CC(C)(C)NC(C)(C)C3)NN(OC3CC(C)(C)NC(C)(C)C3)N2)NN(OC2CC(C)(C)NC(C)(C)C2)N1)C1CC(C)(C)NC(C)(C)C1. The van der Waals surface area contributed by atoms with Crippen LogP contribution in [0.3, 0.4) is 0 Å². The first-order valence-electron chi connectivity index (χ1n) is 55.1. The topological polar surface area (TPSA) is 322 Å². The van der Waals surface area contributed by atoms with E-state index < -0.39 is 0 Å². The van der Waals surface area contributed by atoms with E-state index >= 15 is 0 Å². The standard InChI is InChI=1S/C108H206N28O4/c1-37-43-81(73-57-93(5,6)123-94(7,8)58-73)111-87-53-85(115-133(117-87)137-77-65-101(21,22)127-102(23,24)66-77)109-47-41-49-131(91-55-89(113-83(45-39-3)75-61-97(13,14)125-98(15,16)62-75)119-135(121-91)139-79-69-105(29,30)129-106(31,32)70-79)51-52-132(92-56-90(114-84(46-40-4)76-63-99(17,18)126-100(19,20)64-76)120-136(122-92)140-80-71-107(33,34)130-108(35,36)72-80)50-42-48-110-86-54-88(112-82(44-38-2)74-59-95(9,10)124-96(11,12)60-74)118-134(116-86)138-78-67-103(25,26)128-104(27,28)68-78/h53-56,73-84,109,112,115,118,121-130H,37-52,57-72H2,1-36H3,(H,110,116)(H,111,117)(H,113,119)(H,114,120). The van der Waals surface area contributed by atoms with Gasteiger partial charge in [-0.05, 0) is 408 Å². The molecule has 4 atom stereocenters. The Kier molecular flexibility index (Phi) is 35.8. The second-order valence-corrected chi connectivity index (χ2v) is 55.6. The van der Waals surface area contributed by atoms with Crippen LogP contribution in [0.25, 0.3) is 0 Å². The van der Waals surface area contributed by atoms with Crippen molar-refractivity contribution in [3.05, 3.63) is 47.6 Å². The van der Waals surface area contributed by atoms with Gasteiger partial charge in [-0.15, -0.1) is 0 Å². The first-order valence-corrected chi connectivity index (χ1v) is 55.1. The fourth-order valence-corrected chi connectivity index (χ4v) is 28.7. The number of hydrogen-bond donors (Lipinski definition) is 18. The van der Waals surface area contributed by atoms with Crippen molar-refractivity contribution in [1.29, 1.82) is 0 Å². The maximum atomic E-state index is 7.40. The molecule has 4 unspecified atom stereocenters. The predicted molar refractivity (Wildman–Crippen MR) is 575 cm³/mol. The van der Waals surface area contributed by atoms with E-state index in [1.165, 1.54) is 0 Å². The summed E-state index contributed by atoms with van der Waals surface area (Å²) in [6.45, 7) is 87.1. The van der Waals surface area contributed by atoms with Gasteiger partial charge in [0.2, 0.25) is 0 Å². The molecule has 0 aromatic heterocycles. The minimum Gasteiger partial charge on any atom is -0.371 e. The number of piperidine rings is 8. The monoisotopic (exact) mass is 1960 g/mol. The largest absolute Gasteiger partial charge is 0.371 e. The molecular weight excluding hydrogens is 1750 g/mol. The van der Waals surface area contributed by atoms with Crippen LogP contribution >= 0.6 is 0 Å². The van der Waals surface area contributed by atoms with Gasteiger partial charge in [-0.3, -0.25) is 82.7 Å². The third-order valence-corrected chi connectivity index (χ3v) is 30.3. The van der Waals surface area contributed by atoms with Crippen LogP contribution in [0.15, 0.2) is 67.6 Å². The summed E-state index contributed by atoms with van der Waals surface area (Å²) in [6, 6.07) is 0.358. The molecule has 12 rings (SSSR count). The Hall–Kier alpha value is -5.40. The van der Waals surface area contributed by atoms with Gasteiger partial charge in [0.1, 0.15) is 46.6 Å². The zero-order chi connectivity index (χ0) is 103. The molecule has 0 saturated carbocycles. The zero-order valence-electron chi connectivity index (χ0n) is 95.0. The van der Waals surface area contributed by atoms with Crippen molar-refractivity contribution >= 4 is 23.3 Å². The van der Waals surface area contributed by atoms with Gasteiger partial charge in [0, 0.05) is 158 Å². The van der Waals surface area contributed by atoms with Gasteiger partial charge in [0.05, 0.1) is 42.5 Å². The molecular formula is C108H206N28O4. The number of nitrogens with zero attached hydrogens (tertiary/aromatic N) is 10. The Balaban J connectivity index is 0.965. The number of rotatable bonds is 39. The second-order valence-electron chi connectivity index (χ2n) is 55.6. The Bertz CT molecular complexity index is 4210. The predicted octanol–water partition coefficient (Wildman–Crippen LogP) is 15.7. The van der Waals surface area contributed by atoms with E-state index in [0.29, 0.717) is 69.4 Å². The van der Waals surface area contributed by atoms with Crippen molar-refractivity contribution in [2.24, 2.45) is 43.6 Å². The number of hydrazine groups is 8. The Morgan fingerprint density at radius 1 is 0.293 bits per heavy atom. The molecule has 32 heteroatoms. The number of hydrogen-bond acceptors (Lipinski definition) is 28. The van der Waals surface area contributed by atoms with Crippen LogP contribution in [0, 0.1) is 23.7 Å². The zero-order valence-corrected chi connectivity index (χ0v) is 95.0. The van der Waals surface area contributed by atoms with Crippen LogP contribution in [0.1, 0.15) is 416 Å². The average molecular weight is 1960 g/mol. The van der Waals surface area contributed by atoms with Gasteiger partial charge in [-0.1, -0.05) is 53.4 Å². The van der Waals surface area contributed by atoms with E-state index in [-0.39, 0.29) is 137 Å². The van der Waals surface area contributed by atoms with Gasteiger partial charge < -0.3 is 63.0 Å². The molecule has 12 heterocycles. The maximum absolute atomic E-state index is 7.40. The lowest BCUT2D eigenvalue weighted by Gasteiger charge is -2.49. The molecule has 0 aliphatic carbocycles. The van der Waals surface area contributed by atoms with E-state index in [1.54, 1.807) is 21.1 Å². The van der Waals surface area contributed by atoms with Gasteiger partial charge >= 0.3 is 0 Å². The van der Waals surface area contributed by atoms with Gasteiger partial charge in [-0.25, -0.2) is 0 Å². The summed E-state index contributed by atoms with van der Waals surface area (Å²) >= 11 is 0. The van der Waals surface area contributed by atoms with Crippen LogP contribution in [0.2, 0.25) is 0 Å². The summed E-state index contributed by atoms with van der Waals surface area (Å²) in [5.74, 6) is 7.91. The van der Waals surface area contributed by atoms with Crippen molar-refractivity contribution < 1.29 is 19.4 Å². The van der Waals surface area contributed by atoms with Crippen LogP contribution in [0.4, 0.5) is 0 Å². The molecule has 8 saturated heterocycles. The van der Waals surface area contributed by atoms with Gasteiger partial charge in [-0.2, -0.15) is 0 Å². The smallest absolute Gasteiger partial charge is 0.142 e. The highest BCUT2D eigenvalue weighted by Gasteiger charge is 2.50. The summed E-state index contributed by atoms with van der Waals surface area (Å²) in [6.07, 6.45) is 32.5. The van der Waals surface area contributed by atoms with Crippen LogP contribution < -0.4 is 96.6 Å². The van der Waals surface area contributed by atoms with E-state index in [1.807, 2.05) is 0 Å². The van der Waals surface area contributed by atoms with Crippen molar-refractivity contribution in [3.8, 4) is 0 Å². The lowest BCUT2D eigenvalue weighted by Crippen LogP contribution is -2.63. The van der Waals surface area contributed by atoms with Crippen molar-refractivity contribution in [2.45, 2.75) is 553 Å². The summed E-state index contributed by atoms with van der Waals surface area (Å²) in [5.41, 5.74) is 28.4. The minimum absolute atomic E-state index is 0.0250. The highest BCUT2D eigenvalue weighted by Crippen LogP contribution is 2.44. The number of aliphatic imine (C=N–C) groups is 4. The molecule has 8 fully saturated rings. The van der Waals surface area contributed by atoms with E-state index in [4.69, 9.17) is 39.3 Å². The quantitative estimate of drug-likeness (QED) is 0.0254. The molecule has 32 nitrogen and oxygen atoms in total. The first-order chi connectivity index (χ1) is 64.6. The lowest BCUT2D eigenvalue weighted by molar-refractivity contribution is -0.263. The van der Waals surface area contributed by atoms with E-state index in [2.05, 4.69) is 380 Å². The highest BCUT2D eigenvalue weighted by molar-refractivity contribution is 5.95. The van der Waals surface area contributed by atoms with Crippen LogP contribution in [-0.4, -0.2) is 231 Å². The Morgan fingerprint density at radius 3 is 0.843 bits per heavy atom. The molecule has 0 aromatic rings. The summed E-state index contributed by atoms with van der Waals surface area (Å²) in [5, 5.41) is 46.8. The summed E-state index contributed by atoms with van der Waals surface area (Å²) in [4.78, 5) is 57.3. The molecule has 12 aliphatic rings. The average Bonchev–Trinajstić information content (AvgIpc) is 0.793. The molecule has 0 spiro atoms.